The summed E-state index contributed by atoms with van der Waals surface area (Å²) in [5.41, 5.74) is -0.239. The summed E-state index contributed by atoms with van der Waals surface area (Å²) in [5.74, 6) is 0.385. The maximum atomic E-state index is 11.6. The molecule has 82 valence electrons. The largest absolute Gasteiger partial charge is 0.295 e. The van der Waals surface area contributed by atoms with E-state index in [4.69, 9.17) is 0 Å². The molecule has 0 heterocycles. The first kappa shape index (κ1) is 11.9. The molecule has 0 saturated carbocycles. The van der Waals surface area contributed by atoms with Crippen molar-refractivity contribution in [3.8, 4) is 0 Å². The Hall–Kier alpha value is -1.18. The Morgan fingerprint density at radius 3 is 2.60 bits per heavy atom. The second-order valence-electron chi connectivity index (χ2n) is 4.58. The molecule has 1 rings (SSSR count). The summed E-state index contributed by atoms with van der Waals surface area (Å²) >= 11 is 0. The molecule has 0 amide bonds. The van der Waals surface area contributed by atoms with Crippen LogP contribution in [0.5, 0.6) is 0 Å². The van der Waals surface area contributed by atoms with E-state index in [9.17, 15) is 9.59 Å². The van der Waals surface area contributed by atoms with Gasteiger partial charge >= 0.3 is 0 Å². The molecule has 0 spiro atoms. The van der Waals surface area contributed by atoms with Crippen molar-refractivity contribution in [2.45, 2.75) is 27.7 Å². The summed E-state index contributed by atoms with van der Waals surface area (Å²) in [6, 6.07) is 0. The van der Waals surface area contributed by atoms with Crippen molar-refractivity contribution in [2.24, 2.45) is 17.3 Å². The van der Waals surface area contributed by atoms with Gasteiger partial charge in [-0.15, -0.1) is 0 Å². The molecule has 0 aromatic heterocycles. The molecule has 2 heteroatoms. The van der Waals surface area contributed by atoms with Crippen LogP contribution in [-0.4, -0.2) is 11.6 Å². The molecule has 1 aliphatic carbocycles. The number of hydrogen-bond acceptors (Lipinski definition) is 2. The van der Waals surface area contributed by atoms with Crippen LogP contribution in [0.25, 0.3) is 0 Å². The van der Waals surface area contributed by atoms with Crippen molar-refractivity contribution in [1.82, 2.24) is 0 Å². The van der Waals surface area contributed by atoms with Gasteiger partial charge in [-0.05, 0) is 25.0 Å². The fourth-order valence-electron chi connectivity index (χ4n) is 1.88. The van der Waals surface area contributed by atoms with Crippen molar-refractivity contribution in [1.29, 1.82) is 0 Å². The van der Waals surface area contributed by atoms with Gasteiger partial charge in [0.15, 0.2) is 11.6 Å². The first-order chi connectivity index (χ1) is 6.88. The van der Waals surface area contributed by atoms with Gasteiger partial charge in [0.2, 0.25) is 0 Å². The SMILES string of the molecule is CC(=O)/C=C/[C@@]1(C)[C@H](C)C=CC(=O)[C@@H]1C. The zero-order chi connectivity index (χ0) is 11.6. The quantitative estimate of drug-likeness (QED) is 0.651. The van der Waals surface area contributed by atoms with E-state index < -0.39 is 0 Å². The van der Waals surface area contributed by atoms with Gasteiger partial charge in [0, 0.05) is 11.3 Å². The molecule has 0 radical (unpaired) electrons. The van der Waals surface area contributed by atoms with Gasteiger partial charge in [0.05, 0.1) is 0 Å². The second-order valence-corrected chi connectivity index (χ2v) is 4.58. The second kappa shape index (κ2) is 4.13. The van der Waals surface area contributed by atoms with Crippen molar-refractivity contribution in [3.63, 3.8) is 0 Å². The van der Waals surface area contributed by atoms with Crippen LogP contribution in [0.1, 0.15) is 27.7 Å². The lowest BCUT2D eigenvalue weighted by Crippen LogP contribution is -2.37. The molecule has 0 saturated heterocycles. The summed E-state index contributed by atoms with van der Waals surface area (Å²) in [4.78, 5) is 22.5. The molecule has 0 aromatic rings. The van der Waals surface area contributed by atoms with Crippen LogP contribution in [0.2, 0.25) is 0 Å². The third-order valence-corrected chi connectivity index (χ3v) is 3.57. The standard InChI is InChI=1S/C13H18O2/c1-9-5-6-12(15)11(3)13(9,4)8-7-10(2)14/h5-9,11H,1-4H3/b8-7+/t9-,11+,13+/m1/s1. The molecule has 0 aromatic carbocycles. The van der Waals surface area contributed by atoms with Gasteiger partial charge in [-0.25, -0.2) is 0 Å². The van der Waals surface area contributed by atoms with Crippen LogP contribution in [0.4, 0.5) is 0 Å². The number of carbonyl (C=O) groups is 2. The Balaban J connectivity index is 3.04. The van der Waals surface area contributed by atoms with E-state index in [2.05, 4.69) is 6.92 Å². The minimum absolute atomic E-state index is 0.0256. The molecule has 0 aliphatic heterocycles. The molecule has 15 heavy (non-hydrogen) atoms. The topological polar surface area (TPSA) is 34.1 Å². The minimum atomic E-state index is -0.239. The van der Waals surface area contributed by atoms with Crippen LogP contribution in [-0.2, 0) is 9.59 Å². The van der Waals surface area contributed by atoms with E-state index in [0.717, 1.165) is 0 Å². The number of rotatable bonds is 2. The molecule has 0 bridgehead atoms. The van der Waals surface area contributed by atoms with E-state index in [1.54, 1.807) is 12.2 Å². The summed E-state index contributed by atoms with van der Waals surface area (Å²) in [7, 11) is 0. The van der Waals surface area contributed by atoms with Gasteiger partial charge in [0.1, 0.15) is 0 Å². The fraction of sp³-hybridized carbons (Fsp3) is 0.538. The Morgan fingerprint density at radius 2 is 2.07 bits per heavy atom. The zero-order valence-corrected chi connectivity index (χ0v) is 9.78. The smallest absolute Gasteiger partial charge is 0.159 e. The Labute approximate surface area is 91.1 Å². The van der Waals surface area contributed by atoms with Crippen LogP contribution < -0.4 is 0 Å². The highest BCUT2D eigenvalue weighted by molar-refractivity contribution is 5.93. The normalized spacial score (nSPS) is 36.1. The predicted octanol–water partition coefficient (Wildman–Crippen LogP) is 2.55. The highest BCUT2D eigenvalue weighted by Gasteiger charge is 2.39. The maximum Gasteiger partial charge on any atom is 0.159 e. The first-order valence-corrected chi connectivity index (χ1v) is 5.29. The highest BCUT2D eigenvalue weighted by atomic mass is 16.1. The van der Waals surface area contributed by atoms with Gasteiger partial charge in [-0.3, -0.25) is 9.59 Å². The van der Waals surface area contributed by atoms with Gasteiger partial charge in [-0.1, -0.05) is 32.9 Å². The van der Waals surface area contributed by atoms with Gasteiger partial charge in [-0.2, -0.15) is 0 Å². The molecular weight excluding hydrogens is 188 g/mol. The molecule has 0 fully saturated rings. The Kier molecular flexibility index (Phi) is 3.28. The van der Waals surface area contributed by atoms with Crippen LogP contribution in [0, 0.1) is 17.3 Å². The molecule has 2 nitrogen and oxygen atoms in total. The Bertz CT molecular complexity index is 338. The third-order valence-electron chi connectivity index (χ3n) is 3.57. The van der Waals surface area contributed by atoms with Crippen LogP contribution in [0.15, 0.2) is 24.3 Å². The first-order valence-electron chi connectivity index (χ1n) is 5.29. The predicted molar refractivity (Wildman–Crippen MR) is 60.4 cm³/mol. The lowest BCUT2D eigenvalue weighted by atomic mass is 9.64. The van der Waals surface area contributed by atoms with Crippen molar-refractivity contribution >= 4 is 11.6 Å². The summed E-state index contributed by atoms with van der Waals surface area (Å²) in [6.45, 7) is 7.55. The molecule has 0 unspecified atom stereocenters. The average molecular weight is 206 g/mol. The fourth-order valence-corrected chi connectivity index (χ4v) is 1.88. The highest BCUT2D eigenvalue weighted by Crippen LogP contribution is 2.41. The van der Waals surface area contributed by atoms with Crippen LogP contribution in [0.3, 0.4) is 0 Å². The Morgan fingerprint density at radius 1 is 1.47 bits per heavy atom. The number of allylic oxidation sites excluding steroid dienone is 4. The van der Waals surface area contributed by atoms with Crippen molar-refractivity contribution in [2.75, 3.05) is 0 Å². The molecular formula is C13H18O2. The zero-order valence-electron chi connectivity index (χ0n) is 9.78. The number of hydrogen-bond donors (Lipinski definition) is 0. The van der Waals surface area contributed by atoms with E-state index in [-0.39, 0.29) is 28.8 Å². The van der Waals surface area contributed by atoms with E-state index >= 15 is 0 Å². The summed E-state index contributed by atoms with van der Waals surface area (Å²) < 4.78 is 0. The number of carbonyl (C=O) groups excluding carboxylic acids is 2. The maximum absolute atomic E-state index is 11.6. The monoisotopic (exact) mass is 206 g/mol. The minimum Gasteiger partial charge on any atom is -0.295 e. The summed E-state index contributed by atoms with van der Waals surface area (Å²) in [6.07, 6.45) is 7.02. The van der Waals surface area contributed by atoms with E-state index in [1.165, 1.54) is 6.92 Å². The number of ketones is 2. The lowest BCUT2D eigenvalue weighted by Gasteiger charge is -2.38. The third kappa shape index (κ3) is 2.25. The van der Waals surface area contributed by atoms with Gasteiger partial charge in [0.25, 0.3) is 0 Å². The van der Waals surface area contributed by atoms with E-state index in [1.807, 2.05) is 26.0 Å². The van der Waals surface area contributed by atoms with E-state index in [0.29, 0.717) is 0 Å². The van der Waals surface area contributed by atoms with Crippen LogP contribution >= 0.6 is 0 Å². The molecule has 3 atom stereocenters. The average Bonchev–Trinajstić information content (AvgIpc) is 2.18. The lowest BCUT2D eigenvalue weighted by molar-refractivity contribution is -0.122. The summed E-state index contributed by atoms with van der Waals surface area (Å²) in [5, 5.41) is 0. The van der Waals surface area contributed by atoms with Crippen molar-refractivity contribution in [3.05, 3.63) is 24.3 Å². The van der Waals surface area contributed by atoms with Crippen molar-refractivity contribution < 1.29 is 9.59 Å². The molecule has 0 N–H and O–H groups in total. The molecule has 1 aliphatic rings. The van der Waals surface area contributed by atoms with Gasteiger partial charge < -0.3 is 0 Å².